The second kappa shape index (κ2) is 7.62. The van der Waals surface area contributed by atoms with Crippen LogP contribution in [-0.2, 0) is 4.74 Å². The summed E-state index contributed by atoms with van der Waals surface area (Å²) in [6.07, 6.45) is 0.409. The summed E-state index contributed by atoms with van der Waals surface area (Å²) < 4.78 is 37.1. The van der Waals surface area contributed by atoms with Crippen LogP contribution < -0.4 is 4.74 Å². The fourth-order valence-electron chi connectivity index (χ4n) is 3.53. The van der Waals surface area contributed by atoms with Gasteiger partial charge in [-0.1, -0.05) is 46.7 Å². The lowest BCUT2D eigenvalue weighted by atomic mass is 9.95. The number of H-pyrrole nitrogens is 1. The number of nitrogens with one attached hydrogen (secondary N) is 1. The number of ether oxygens (including phenoxy) is 2. The van der Waals surface area contributed by atoms with Crippen LogP contribution in [0.1, 0.15) is 41.2 Å². The van der Waals surface area contributed by atoms with E-state index in [2.05, 4.69) is 20.1 Å². The molecule has 29 heavy (non-hydrogen) atoms. The minimum atomic E-state index is -2.54. The quantitative estimate of drug-likeness (QED) is 0.614. The molecule has 1 aliphatic carbocycles. The maximum absolute atomic E-state index is 13.4. The molecule has 4 rings (SSSR count). The van der Waals surface area contributed by atoms with E-state index in [0.717, 1.165) is 16.7 Å². The molecule has 0 aliphatic heterocycles. The zero-order chi connectivity index (χ0) is 20.4. The first kappa shape index (κ1) is 19.0. The maximum atomic E-state index is 13.4. The Bertz CT molecular complexity index is 1000. The van der Waals surface area contributed by atoms with E-state index in [-0.39, 0.29) is 30.3 Å². The molecular weight excluding hydrogens is 380 g/mol. The topological polar surface area (TPSA) is 77.1 Å². The Balaban J connectivity index is 1.46. The van der Waals surface area contributed by atoms with Crippen molar-refractivity contribution in [3.8, 4) is 22.8 Å². The van der Waals surface area contributed by atoms with Gasteiger partial charge in [-0.25, -0.2) is 18.7 Å². The fraction of sp³-hybridized carbons (Fsp3) is 0.286. The Morgan fingerprint density at radius 3 is 2.34 bits per heavy atom. The third kappa shape index (κ3) is 4.11. The van der Waals surface area contributed by atoms with Crippen molar-refractivity contribution in [2.75, 3.05) is 7.11 Å². The molecule has 3 aromatic rings. The van der Waals surface area contributed by atoms with Gasteiger partial charge < -0.3 is 9.47 Å². The molecule has 150 valence electrons. The zero-order valence-electron chi connectivity index (χ0n) is 15.7. The van der Waals surface area contributed by atoms with Crippen molar-refractivity contribution in [1.82, 2.24) is 15.4 Å². The van der Waals surface area contributed by atoms with Gasteiger partial charge in [-0.15, -0.1) is 0 Å². The molecular formula is C21H19F2N3O3. The highest BCUT2D eigenvalue weighted by Gasteiger charge is 2.39. The first-order valence-electron chi connectivity index (χ1n) is 9.20. The number of benzene rings is 2. The van der Waals surface area contributed by atoms with E-state index in [4.69, 9.17) is 4.74 Å². The Morgan fingerprint density at radius 1 is 1.10 bits per heavy atom. The van der Waals surface area contributed by atoms with Crippen molar-refractivity contribution in [1.29, 1.82) is 0 Å². The summed E-state index contributed by atoms with van der Waals surface area (Å²) in [5.74, 6) is -2.74. The summed E-state index contributed by atoms with van der Waals surface area (Å²) in [6.45, 7) is 0. The molecule has 1 N–H and O–H groups in total. The molecule has 1 aliphatic rings. The molecule has 2 aromatic carbocycles. The van der Waals surface area contributed by atoms with Crippen LogP contribution in [0.2, 0.25) is 0 Å². The summed E-state index contributed by atoms with van der Waals surface area (Å²) in [5.41, 5.74) is 2.91. The number of alkyl halides is 2. The number of methoxy groups -OCH3 is 1. The van der Waals surface area contributed by atoms with Gasteiger partial charge in [0.15, 0.2) is 0 Å². The highest BCUT2D eigenvalue weighted by atomic mass is 19.3. The number of carbonyl (C=O) groups excluding carboxylic acids is 1. The lowest BCUT2D eigenvalue weighted by Crippen LogP contribution is -2.09. The molecule has 0 saturated heterocycles. The third-order valence-corrected chi connectivity index (χ3v) is 5.09. The first-order chi connectivity index (χ1) is 13.9. The zero-order valence-corrected chi connectivity index (χ0v) is 15.7. The second-order valence-electron chi connectivity index (χ2n) is 7.03. The van der Waals surface area contributed by atoms with Gasteiger partial charge in [0, 0.05) is 12.8 Å². The number of hydrogen-bond acceptors (Lipinski definition) is 5. The Kier molecular flexibility index (Phi) is 5.00. The van der Waals surface area contributed by atoms with Gasteiger partial charge in [-0.3, -0.25) is 0 Å². The lowest BCUT2D eigenvalue weighted by Gasteiger charge is -2.12. The molecule has 1 aromatic heterocycles. The van der Waals surface area contributed by atoms with E-state index in [1.165, 1.54) is 7.11 Å². The van der Waals surface area contributed by atoms with Crippen LogP contribution in [0, 0.1) is 0 Å². The van der Waals surface area contributed by atoms with Crippen molar-refractivity contribution in [2.45, 2.75) is 31.1 Å². The number of halogens is 2. The average molecular weight is 399 g/mol. The Morgan fingerprint density at radius 2 is 1.76 bits per heavy atom. The summed E-state index contributed by atoms with van der Waals surface area (Å²) in [6, 6.07) is 14.9. The predicted molar refractivity (Wildman–Crippen MR) is 101 cm³/mol. The highest BCUT2D eigenvalue weighted by molar-refractivity contribution is 5.89. The molecule has 0 spiro atoms. The van der Waals surface area contributed by atoms with E-state index in [9.17, 15) is 13.6 Å². The van der Waals surface area contributed by atoms with Gasteiger partial charge in [0.25, 0.3) is 5.88 Å². The number of aromatic nitrogens is 3. The Hall–Kier alpha value is -3.29. The van der Waals surface area contributed by atoms with Crippen molar-refractivity contribution in [3.05, 3.63) is 59.8 Å². The minimum absolute atomic E-state index is 0.0299. The van der Waals surface area contributed by atoms with E-state index in [0.29, 0.717) is 12.2 Å². The SMILES string of the molecule is COC(=O)c1[nH]nnc1Oc1ccc(-c2ccc(C3CCC(F)(F)C3)cc2)cc1. The van der Waals surface area contributed by atoms with Gasteiger partial charge in [0.05, 0.1) is 7.11 Å². The van der Waals surface area contributed by atoms with Gasteiger partial charge in [-0.2, -0.15) is 0 Å². The van der Waals surface area contributed by atoms with Gasteiger partial charge in [0.1, 0.15) is 5.75 Å². The number of hydrogen-bond donors (Lipinski definition) is 1. The predicted octanol–water partition coefficient (Wildman–Crippen LogP) is 4.95. The molecule has 8 heteroatoms. The van der Waals surface area contributed by atoms with E-state index in [1.807, 2.05) is 36.4 Å². The summed E-state index contributed by atoms with van der Waals surface area (Å²) in [4.78, 5) is 11.6. The first-order valence-corrected chi connectivity index (χ1v) is 9.20. The number of rotatable bonds is 5. The molecule has 1 heterocycles. The minimum Gasteiger partial charge on any atom is -0.464 e. The van der Waals surface area contributed by atoms with Crippen molar-refractivity contribution in [3.63, 3.8) is 0 Å². The number of esters is 1. The van der Waals surface area contributed by atoms with Crippen molar-refractivity contribution in [2.24, 2.45) is 0 Å². The molecule has 6 nitrogen and oxygen atoms in total. The molecule has 1 unspecified atom stereocenters. The molecule has 0 bridgehead atoms. The maximum Gasteiger partial charge on any atom is 0.361 e. The Labute approximate surface area is 165 Å². The van der Waals surface area contributed by atoms with Crippen LogP contribution in [0.3, 0.4) is 0 Å². The smallest absolute Gasteiger partial charge is 0.361 e. The summed E-state index contributed by atoms with van der Waals surface area (Å²) in [5, 5.41) is 9.73. The number of nitrogens with zero attached hydrogens (tertiary/aromatic N) is 2. The summed E-state index contributed by atoms with van der Waals surface area (Å²) in [7, 11) is 1.26. The molecule has 1 atom stereocenters. The largest absolute Gasteiger partial charge is 0.464 e. The normalized spacial score (nSPS) is 17.8. The number of carbonyl (C=O) groups is 1. The average Bonchev–Trinajstić information content (AvgIpc) is 3.34. The van der Waals surface area contributed by atoms with E-state index in [1.54, 1.807) is 12.1 Å². The second-order valence-corrected chi connectivity index (χ2v) is 7.03. The molecule has 1 saturated carbocycles. The van der Waals surface area contributed by atoms with Crippen molar-refractivity contribution < 1.29 is 23.0 Å². The lowest BCUT2D eigenvalue weighted by molar-refractivity contribution is 0.00775. The molecule has 0 radical (unpaired) electrons. The van der Waals surface area contributed by atoms with Crippen LogP contribution >= 0.6 is 0 Å². The standard InChI is InChI=1S/C21H19F2N3O3/c1-28-20(27)18-19(25-26-24-18)29-17-8-6-14(7-9-17)13-2-4-15(5-3-13)16-10-11-21(22,23)12-16/h2-9,16H,10-12H2,1H3,(H,24,25,26). The van der Waals surface area contributed by atoms with Crippen LogP contribution in [-0.4, -0.2) is 34.4 Å². The number of aromatic amines is 1. The molecule has 1 fully saturated rings. The summed E-state index contributed by atoms with van der Waals surface area (Å²) >= 11 is 0. The van der Waals surface area contributed by atoms with Gasteiger partial charge in [-0.05, 0) is 41.2 Å². The van der Waals surface area contributed by atoms with Crippen LogP contribution in [0.15, 0.2) is 48.5 Å². The highest BCUT2D eigenvalue weighted by Crippen LogP contribution is 2.44. The van der Waals surface area contributed by atoms with Crippen LogP contribution in [0.25, 0.3) is 11.1 Å². The fourth-order valence-corrected chi connectivity index (χ4v) is 3.53. The third-order valence-electron chi connectivity index (χ3n) is 5.09. The van der Waals surface area contributed by atoms with Crippen LogP contribution in [0.5, 0.6) is 11.6 Å². The van der Waals surface area contributed by atoms with Crippen LogP contribution in [0.4, 0.5) is 8.78 Å². The van der Waals surface area contributed by atoms with Crippen molar-refractivity contribution >= 4 is 5.97 Å². The van der Waals surface area contributed by atoms with E-state index < -0.39 is 11.9 Å². The van der Waals surface area contributed by atoms with Gasteiger partial charge >= 0.3 is 5.97 Å². The monoisotopic (exact) mass is 399 g/mol. The van der Waals surface area contributed by atoms with E-state index >= 15 is 0 Å². The molecule has 0 amide bonds. The van der Waals surface area contributed by atoms with Gasteiger partial charge in [0.2, 0.25) is 11.6 Å².